The van der Waals surface area contributed by atoms with Crippen LogP contribution in [0.15, 0.2) is 59.8 Å². The molecule has 0 atom stereocenters. The molecule has 148 valence electrons. The quantitative estimate of drug-likeness (QED) is 0.640. The van der Waals surface area contributed by atoms with Crippen LogP contribution in [0.2, 0.25) is 5.02 Å². The number of rotatable bonds is 4. The first kappa shape index (κ1) is 21.0. The molecule has 0 aliphatic heterocycles. The minimum Gasteiger partial charge on any atom is -0.392 e. The monoisotopic (exact) mass is 426 g/mol. The molecule has 0 saturated carbocycles. The van der Waals surface area contributed by atoms with E-state index in [1.807, 2.05) is 0 Å². The summed E-state index contributed by atoms with van der Waals surface area (Å²) in [6.45, 7) is 3.19. The Kier molecular flexibility index (Phi) is 6.33. The topological polar surface area (TPSA) is 80.2 Å². The van der Waals surface area contributed by atoms with Gasteiger partial charge < -0.3 is 5.11 Å². The summed E-state index contributed by atoms with van der Waals surface area (Å²) in [5.74, 6) is 5.91. The number of halogens is 1. The Hall–Kier alpha value is -2.72. The third kappa shape index (κ3) is 5.01. The summed E-state index contributed by atoms with van der Waals surface area (Å²) in [5, 5.41) is 9.28. The molecule has 5 nitrogen and oxygen atoms in total. The summed E-state index contributed by atoms with van der Waals surface area (Å²) < 4.78 is 24.5. The molecular formula is C22H19ClN2O3S. The Morgan fingerprint density at radius 3 is 2.45 bits per heavy atom. The van der Waals surface area contributed by atoms with Crippen molar-refractivity contribution in [3.63, 3.8) is 0 Å². The summed E-state index contributed by atoms with van der Waals surface area (Å²) >= 11 is 6.03. The molecule has 0 saturated heterocycles. The van der Waals surface area contributed by atoms with E-state index < -0.39 is 15.1 Å². The highest BCUT2D eigenvalue weighted by molar-refractivity contribution is 7.92. The Balaban J connectivity index is 1.89. The average molecular weight is 427 g/mol. The maximum atomic E-state index is 12.3. The molecule has 0 aliphatic carbocycles. The number of aliphatic hydroxyl groups excluding tert-OH is 1. The van der Waals surface area contributed by atoms with Gasteiger partial charge in [-0.05, 0) is 55.7 Å². The van der Waals surface area contributed by atoms with E-state index in [2.05, 4.69) is 21.8 Å². The van der Waals surface area contributed by atoms with E-state index >= 15 is 0 Å². The zero-order valence-electron chi connectivity index (χ0n) is 15.9. The summed E-state index contributed by atoms with van der Waals surface area (Å²) in [6.07, 6.45) is 3.14. The van der Waals surface area contributed by atoms with Gasteiger partial charge in [-0.2, -0.15) is 0 Å². The Morgan fingerprint density at radius 2 is 1.79 bits per heavy atom. The van der Waals surface area contributed by atoms with Gasteiger partial charge in [-0.1, -0.05) is 29.7 Å². The van der Waals surface area contributed by atoms with Crippen LogP contribution in [0.1, 0.15) is 30.7 Å². The third-order valence-electron chi connectivity index (χ3n) is 4.21. The van der Waals surface area contributed by atoms with Crippen LogP contribution in [0, 0.1) is 11.8 Å². The summed E-state index contributed by atoms with van der Waals surface area (Å²) in [7, 11) is -3.32. The number of hydrogen-bond acceptors (Lipinski definition) is 5. The molecule has 7 heteroatoms. The van der Waals surface area contributed by atoms with E-state index in [0.717, 1.165) is 5.56 Å². The number of nitrogens with zero attached hydrogens (tertiary/aromatic N) is 2. The standard InChI is InChI=1S/C22H19ClN2O3S/c1-15(2)29(27,28)21-7-4-18(5-8-21)22-13-24-12-20(25-22)6-3-16-9-17(14-26)11-19(23)10-16/h4-5,7-13,15,26H,14H2,1-2H3. The third-order valence-corrected chi connectivity index (χ3v) is 6.60. The van der Waals surface area contributed by atoms with Crippen molar-refractivity contribution in [3.8, 4) is 23.1 Å². The lowest BCUT2D eigenvalue weighted by molar-refractivity contribution is 0.282. The Bertz CT molecular complexity index is 1190. The average Bonchev–Trinajstić information content (AvgIpc) is 2.72. The van der Waals surface area contributed by atoms with Crippen molar-refractivity contribution in [1.82, 2.24) is 9.97 Å². The molecule has 0 aliphatic rings. The van der Waals surface area contributed by atoms with Crippen molar-refractivity contribution >= 4 is 21.4 Å². The molecule has 3 rings (SSSR count). The molecule has 0 spiro atoms. The van der Waals surface area contributed by atoms with Crippen molar-refractivity contribution in [2.45, 2.75) is 30.6 Å². The van der Waals surface area contributed by atoms with Gasteiger partial charge in [0.15, 0.2) is 9.84 Å². The molecule has 2 aromatic carbocycles. The molecule has 1 N–H and O–H groups in total. The molecule has 0 radical (unpaired) electrons. The molecule has 0 fully saturated rings. The zero-order valence-corrected chi connectivity index (χ0v) is 17.5. The van der Waals surface area contributed by atoms with Crippen LogP contribution in [0.25, 0.3) is 11.3 Å². The van der Waals surface area contributed by atoms with Crippen molar-refractivity contribution < 1.29 is 13.5 Å². The van der Waals surface area contributed by atoms with Crippen LogP contribution >= 0.6 is 11.6 Å². The fraction of sp³-hybridized carbons (Fsp3) is 0.182. The van der Waals surface area contributed by atoms with Gasteiger partial charge >= 0.3 is 0 Å². The maximum absolute atomic E-state index is 12.3. The summed E-state index contributed by atoms with van der Waals surface area (Å²) in [6, 6.07) is 11.7. The van der Waals surface area contributed by atoms with E-state index in [1.165, 1.54) is 0 Å². The number of sulfone groups is 1. The van der Waals surface area contributed by atoms with E-state index in [-0.39, 0.29) is 11.5 Å². The Morgan fingerprint density at radius 1 is 1.07 bits per heavy atom. The molecule has 0 bridgehead atoms. The first-order valence-corrected chi connectivity index (χ1v) is 10.8. The minimum absolute atomic E-state index is 0.118. The Labute approximate surface area is 175 Å². The SMILES string of the molecule is CC(C)S(=O)(=O)c1ccc(-c2cncc(C#Cc3cc(Cl)cc(CO)c3)n2)cc1. The number of aliphatic hydroxyl groups is 1. The smallest absolute Gasteiger partial charge is 0.180 e. The fourth-order valence-electron chi connectivity index (χ4n) is 2.60. The van der Waals surface area contributed by atoms with Crippen LogP contribution in [0.5, 0.6) is 0 Å². The minimum atomic E-state index is -3.32. The number of benzene rings is 2. The highest BCUT2D eigenvalue weighted by Crippen LogP contribution is 2.21. The van der Waals surface area contributed by atoms with Gasteiger partial charge in [0.1, 0.15) is 5.69 Å². The number of hydrogen-bond donors (Lipinski definition) is 1. The largest absolute Gasteiger partial charge is 0.392 e. The van der Waals surface area contributed by atoms with Gasteiger partial charge in [0.25, 0.3) is 0 Å². The molecule has 0 unspecified atom stereocenters. The first-order valence-electron chi connectivity index (χ1n) is 8.88. The second kappa shape index (κ2) is 8.75. The van der Waals surface area contributed by atoms with Crippen LogP contribution in [0.4, 0.5) is 0 Å². The van der Waals surface area contributed by atoms with Crippen molar-refractivity contribution in [2.24, 2.45) is 0 Å². The molecule has 1 aromatic heterocycles. The predicted molar refractivity (Wildman–Crippen MR) is 113 cm³/mol. The maximum Gasteiger partial charge on any atom is 0.180 e. The van der Waals surface area contributed by atoms with Gasteiger partial charge in [0, 0.05) is 16.1 Å². The van der Waals surface area contributed by atoms with Crippen LogP contribution in [0.3, 0.4) is 0 Å². The predicted octanol–water partition coefficient (Wildman–Crippen LogP) is 3.87. The summed E-state index contributed by atoms with van der Waals surface area (Å²) in [5.41, 5.74) is 3.14. The van der Waals surface area contributed by atoms with E-state index in [9.17, 15) is 13.5 Å². The highest BCUT2D eigenvalue weighted by atomic mass is 35.5. The first-order chi connectivity index (χ1) is 13.8. The van der Waals surface area contributed by atoms with Gasteiger partial charge in [-0.25, -0.2) is 13.4 Å². The lowest BCUT2D eigenvalue weighted by Gasteiger charge is -2.08. The molecule has 3 aromatic rings. The van der Waals surface area contributed by atoms with Crippen LogP contribution in [-0.2, 0) is 16.4 Å². The lowest BCUT2D eigenvalue weighted by Crippen LogP contribution is -2.13. The second-order valence-electron chi connectivity index (χ2n) is 6.66. The van der Waals surface area contributed by atoms with E-state index in [4.69, 9.17) is 11.6 Å². The van der Waals surface area contributed by atoms with Crippen molar-refractivity contribution in [3.05, 3.63) is 76.7 Å². The molecule has 0 amide bonds. The normalized spacial score (nSPS) is 11.2. The van der Waals surface area contributed by atoms with E-state index in [1.54, 1.807) is 68.7 Å². The zero-order chi connectivity index (χ0) is 21.0. The van der Waals surface area contributed by atoms with Crippen LogP contribution < -0.4 is 0 Å². The van der Waals surface area contributed by atoms with Gasteiger partial charge in [0.05, 0.1) is 34.8 Å². The number of aromatic nitrogens is 2. The van der Waals surface area contributed by atoms with Gasteiger partial charge in [0.2, 0.25) is 0 Å². The second-order valence-corrected chi connectivity index (χ2v) is 9.60. The lowest BCUT2D eigenvalue weighted by atomic mass is 10.1. The molecule has 1 heterocycles. The van der Waals surface area contributed by atoms with Crippen molar-refractivity contribution in [1.29, 1.82) is 0 Å². The van der Waals surface area contributed by atoms with Gasteiger partial charge in [-0.3, -0.25) is 4.98 Å². The molecule has 29 heavy (non-hydrogen) atoms. The fourth-order valence-corrected chi connectivity index (χ4v) is 3.92. The van der Waals surface area contributed by atoms with E-state index in [0.29, 0.717) is 27.5 Å². The highest BCUT2D eigenvalue weighted by Gasteiger charge is 2.18. The van der Waals surface area contributed by atoms with Gasteiger partial charge in [-0.15, -0.1) is 0 Å². The van der Waals surface area contributed by atoms with Crippen molar-refractivity contribution in [2.75, 3.05) is 0 Å². The van der Waals surface area contributed by atoms with Crippen LogP contribution in [-0.4, -0.2) is 28.7 Å². The molecular weight excluding hydrogens is 408 g/mol. The summed E-state index contributed by atoms with van der Waals surface area (Å²) in [4.78, 5) is 8.94.